The molecule has 3 aromatic carbocycles. The van der Waals surface area contributed by atoms with Gasteiger partial charge in [-0.05, 0) is 55.7 Å². The fraction of sp³-hybridized carbons (Fsp3) is 0.200. The van der Waals surface area contributed by atoms with Crippen molar-refractivity contribution in [2.75, 3.05) is 5.32 Å². The molecule has 3 aromatic rings. The lowest BCUT2D eigenvalue weighted by molar-refractivity contribution is -0.122. The summed E-state index contributed by atoms with van der Waals surface area (Å²) < 4.78 is 5.92. The Labute approximate surface area is 171 Å². The molecule has 29 heavy (non-hydrogen) atoms. The van der Waals surface area contributed by atoms with E-state index in [1.54, 1.807) is 36.4 Å². The fourth-order valence-corrected chi connectivity index (χ4v) is 3.02. The first-order valence-corrected chi connectivity index (χ1v) is 9.73. The molecule has 0 saturated carbocycles. The van der Waals surface area contributed by atoms with Gasteiger partial charge in [-0.25, -0.2) is 0 Å². The number of hydrogen-bond acceptors (Lipinski definition) is 3. The third kappa shape index (κ3) is 4.91. The van der Waals surface area contributed by atoms with Crippen molar-refractivity contribution in [3.05, 3.63) is 95.1 Å². The van der Waals surface area contributed by atoms with E-state index in [9.17, 15) is 9.59 Å². The van der Waals surface area contributed by atoms with E-state index in [2.05, 4.69) is 5.32 Å². The SMILES string of the molecule is CCC(Oc1ccc(C)c(C)c1)C(=O)Nc1ccccc1C(=O)c1ccccc1. The van der Waals surface area contributed by atoms with Gasteiger partial charge < -0.3 is 10.1 Å². The highest BCUT2D eigenvalue weighted by Crippen LogP contribution is 2.22. The van der Waals surface area contributed by atoms with Crippen LogP contribution in [0.25, 0.3) is 0 Å². The van der Waals surface area contributed by atoms with Gasteiger partial charge in [0.1, 0.15) is 5.75 Å². The Morgan fingerprint density at radius 3 is 2.28 bits per heavy atom. The van der Waals surface area contributed by atoms with E-state index in [4.69, 9.17) is 4.74 Å². The second kappa shape index (κ2) is 9.20. The summed E-state index contributed by atoms with van der Waals surface area (Å²) in [7, 11) is 0. The van der Waals surface area contributed by atoms with Gasteiger partial charge in [-0.15, -0.1) is 0 Å². The highest BCUT2D eigenvalue weighted by atomic mass is 16.5. The van der Waals surface area contributed by atoms with Crippen LogP contribution in [0.5, 0.6) is 5.75 Å². The minimum atomic E-state index is -0.656. The van der Waals surface area contributed by atoms with E-state index in [1.165, 1.54) is 5.56 Å². The number of carbonyl (C=O) groups excluding carboxylic acids is 2. The molecule has 4 nitrogen and oxygen atoms in total. The number of nitrogens with one attached hydrogen (secondary N) is 1. The van der Waals surface area contributed by atoms with Crippen LogP contribution in [0.3, 0.4) is 0 Å². The van der Waals surface area contributed by atoms with E-state index in [1.807, 2.05) is 57.2 Å². The molecule has 0 aromatic heterocycles. The number of hydrogen-bond donors (Lipinski definition) is 1. The summed E-state index contributed by atoms with van der Waals surface area (Å²) in [6.07, 6.45) is -0.148. The van der Waals surface area contributed by atoms with Gasteiger partial charge in [-0.2, -0.15) is 0 Å². The number of ketones is 1. The van der Waals surface area contributed by atoms with Crippen molar-refractivity contribution < 1.29 is 14.3 Å². The highest BCUT2D eigenvalue weighted by Gasteiger charge is 2.21. The Morgan fingerprint density at radius 2 is 1.59 bits per heavy atom. The maximum absolute atomic E-state index is 12.9. The molecule has 0 aliphatic heterocycles. The molecule has 4 heteroatoms. The fourth-order valence-electron chi connectivity index (χ4n) is 3.02. The predicted octanol–water partition coefficient (Wildman–Crippen LogP) is 5.33. The van der Waals surface area contributed by atoms with Crippen LogP contribution in [-0.4, -0.2) is 17.8 Å². The number of para-hydroxylation sites is 1. The molecule has 0 aliphatic rings. The van der Waals surface area contributed by atoms with Gasteiger partial charge in [0.2, 0.25) is 0 Å². The molecule has 0 bridgehead atoms. The summed E-state index contributed by atoms with van der Waals surface area (Å²) in [5.74, 6) is 0.243. The zero-order valence-electron chi connectivity index (χ0n) is 16.9. The third-order valence-corrected chi connectivity index (χ3v) is 4.89. The van der Waals surface area contributed by atoms with Crippen molar-refractivity contribution in [3.8, 4) is 5.75 Å². The Kier molecular flexibility index (Phi) is 6.45. The molecular formula is C25H25NO3. The van der Waals surface area contributed by atoms with Crippen LogP contribution < -0.4 is 10.1 Å². The number of rotatable bonds is 7. The molecule has 0 fully saturated rings. The van der Waals surface area contributed by atoms with Crippen LogP contribution in [-0.2, 0) is 4.79 Å². The van der Waals surface area contributed by atoms with Gasteiger partial charge in [0.15, 0.2) is 11.9 Å². The Balaban J connectivity index is 1.79. The maximum atomic E-state index is 12.9. The minimum absolute atomic E-state index is 0.135. The summed E-state index contributed by atoms with van der Waals surface area (Å²) in [5.41, 5.74) is 3.79. The molecule has 0 spiro atoms. The van der Waals surface area contributed by atoms with Gasteiger partial charge in [0, 0.05) is 11.1 Å². The van der Waals surface area contributed by atoms with E-state index >= 15 is 0 Å². The Hall–Kier alpha value is -3.40. The van der Waals surface area contributed by atoms with Crippen molar-refractivity contribution in [1.82, 2.24) is 0 Å². The molecule has 1 atom stereocenters. The maximum Gasteiger partial charge on any atom is 0.265 e. The Bertz CT molecular complexity index is 1010. The standard InChI is InChI=1S/C25H25NO3/c1-4-23(29-20-15-14-17(2)18(3)16-20)25(28)26-22-13-9-8-12-21(22)24(27)19-10-6-5-7-11-19/h5-16,23H,4H2,1-3H3,(H,26,28). The molecule has 0 radical (unpaired) electrons. The molecule has 0 aliphatic carbocycles. The molecule has 148 valence electrons. The van der Waals surface area contributed by atoms with Crippen LogP contribution in [0.1, 0.15) is 40.4 Å². The molecule has 0 heterocycles. The van der Waals surface area contributed by atoms with Gasteiger partial charge >= 0.3 is 0 Å². The number of benzene rings is 3. The first-order chi connectivity index (χ1) is 14.0. The number of anilines is 1. The van der Waals surface area contributed by atoms with Crippen LogP contribution >= 0.6 is 0 Å². The molecule has 3 rings (SSSR count). The monoisotopic (exact) mass is 387 g/mol. The number of carbonyl (C=O) groups is 2. The molecule has 1 amide bonds. The quantitative estimate of drug-likeness (QED) is 0.558. The van der Waals surface area contributed by atoms with Crippen LogP contribution in [0.15, 0.2) is 72.8 Å². The normalized spacial score (nSPS) is 11.6. The van der Waals surface area contributed by atoms with Gasteiger partial charge in [0.25, 0.3) is 5.91 Å². The molecule has 1 N–H and O–H groups in total. The highest BCUT2D eigenvalue weighted by molar-refractivity contribution is 6.14. The second-order valence-corrected chi connectivity index (χ2v) is 6.99. The summed E-state index contributed by atoms with van der Waals surface area (Å²) in [4.78, 5) is 25.7. The lowest BCUT2D eigenvalue weighted by Gasteiger charge is -2.19. The summed E-state index contributed by atoms with van der Waals surface area (Å²) in [6, 6.07) is 21.8. The summed E-state index contributed by atoms with van der Waals surface area (Å²) in [6.45, 7) is 5.94. The third-order valence-electron chi connectivity index (χ3n) is 4.89. The lowest BCUT2D eigenvalue weighted by Crippen LogP contribution is -2.33. The van der Waals surface area contributed by atoms with E-state index in [0.29, 0.717) is 29.0 Å². The van der Waals surface area contributed by atoms with Gasteiger partial charge in [-0.1, -0.05) is 55.5 Å². The van der Waals surface area contributed by atoms with Crippen molar-refractivity contribution in [2.24, 2.45) is 0 Å². The first kappa shape index (κ1) is 20.3. The topological polar surface area (TPSA) is 55.4 Å². The largest absolute Gasteiger partial charge is 0.481 e. The minimum Gasteiger partial charge on any atom is -0.481 e. The molecule has 1 unspecified atom stereocenters. The zero-order chi connectivity index (χ0) is 20.8. The van der Waals surface area contributed by atoms with Gasteiger partial charge in [-0.3, -0.25) is 9.59 Å². The van der Waals surface area contributed by atoms with Crippen molar-refractivity contribution in [2.45, 2.75) is 33.3 Å². The molecule has 0 saturated heterocycles. The lowest BCUT2D eigenvalue weighted by atomic mass is 10.0. The number of aryl methyl sites for hydroxylation is 2. The average Bonchev–Trinajstić information content (AvgIpc) is 2.75. The molecular weight excluding hydrogens is 362 g/mol. The summed E-state index contributed by atoms with van der Waals surface area (Å²) >= 11 is 0. The number of amides is 1. The summed E-state index contributed by atoms with van der Waals surface area (Å²) in [5, 5.41) is 2.87. The first-order valence-electron chi connectivity index (χ1n) is 9.73. The van der Waals surface area contributed by atoms with E-state index < -0.39 is 6.10 Å². The van der Waals surface area contributed by atoms with Crippen LogP contribution in [0.2, 0.25) is 0 Å². The average molecular weight is 387 g/mol. The van der Waals surface area contributed by atoms with Crippen molar-refractivity contribution >= 4 is 17.4 Å². The van der Waals surface area contributed by atoms with Crippen LogP contribution in [0, 0.1) is 13.8 Å². The smallest absolute Gasteiger partial charge is 0.265 e. The zero-order valence-corrected chi connectivity index (χ0v) is 16.9. The van der Waals surface area contributed by atoms with E-state index in [-0.39, 0.29) is 11.7 Å². The van der Waals surface area contributed by atoms with Gasteiger partial charge in [0.05, 0.1) is 5.69 Å². The second-order valence-electron chi connectivity index (χ2n) is 6.99. The number of ether oxygens (including phenoxy) is 1. The van der Waals surface area contributed by atoms with Crippen molar-refractivity contribution in [1.29, 1.82) is 0 Å². The van der Waals surface area contributed by atoms with E-state index in [0.717, 1.165) is 5.56 Å². The van der Waals surface area contributed by atoms with Crippen LogP contribution in [0.4, 0.5) is 5.69 Å². The van der Waals surface area contributed by atoms with Crippen molar-refractivity contribution in [3.63, 3.8) is 0 Å². The predicted molar refractivity (Wildman–Crippen MR) is 116 cm³/mol. The Morgan fingerprint density at radius 1 is 0.897 bits per heavy atom.